The van der Waals surface area contributed by atoms with E-state index >= 15 is 0 Å². The van der Waals surface area contributed by atoms with Gasteiger partial charge in [-0.25, -0.2) is 0 Å². The summed E-state index contributed by atoms with van der Waals surface area (Å²) in [4.78, 5) is 16.3. The number of carbonyl (C=O) groups is 1. The molecule has 2 heterocycles. The van der Waals surface area contributed by atoms with Gasteiger partial charge in [0, 0.05) is 21.5 Å². The smallest absolute Gasteiger partial charge is 0.251 e. The first-order chi connectivity index (χ1) is 11.7. The van der Waals surface area contributed by atoms with Gasteiger partial charge in [0.2, 0.25) is 0 Å². The third kappa shape index (κ3) is 4.68. The zero-order valence-corrected chi connectivity index (χ0v) is 16.1. The van der Waals surface area contributed by atoms with Gasteiger partial charge in [-0.3, -0.25) is 9.69 Å². The molecule has 2 aromatic rings. The first kappa shape index (κ1) is 17.6. The number of halogens is 1. The van der Waals surface area contributed by atoms with Gasteiger partial charge < -0.3 is 5.32 Å². The van der Waals surface area contributed by atoms with Crippen LogP contribution in [0, 0.1) is 0 Å². The number of rotatable bonds is 5. The minimum Gasteiger partial charge on any atom is -0.350 e. The first-order valence-corrected chi connectivity index (χ1v) is 10.2. The summed E-state index contributed by atoms with van der Waals surface area (Å²) < 4.78 is 0.986. The number of hydrogen-bond acceptors (Lipinski definition) is 3. The molecular weight excluding hydrogens is 384 g/mol. The Bertz CT molecular complexity index is 634. The highest BCUT2D eigenvalue weighted by atomic mass is 79.9. The quantitative estimate of drug-likeness (QED) is 0.768. The molecule has 1 aliphatic rings. The fourth-order valence-electron chi connectivity index (χ4n) is 3.19. The van der Waals surface area contributed by atoms with Crippen molar-refractivity contribution in [1.29, 1.82) is 0 Å². The van der Waals surface area contributed by atoms with E-state index in [4.69, 9.17) is 0 Å². The van der Waals surface area contributed by atoms with Crippen LogP contribution in [0.5, 0.6) is 0 Å². The van der Waals surface area contributed by atoms with Gasteiger partial charge in [-0.05, 0) is 61.6 Å². The van der Waals surface area contributed by atoms with Crippen molar-refractivity contribution in [1.82, 2.24) is 10.2 Å². The van der Waals surface area contributed by atoms with E-state index in [-0.39, 0.29) is 11.9 Å². The Morgan fingerprint density at radius 2 is 1.83 bits per heavy atom. The molecule has 0 radical (unpaired) electrons. The molecule has 1 aliphatic heterocycles. The maximum absolute atomic E-state index is 12.4. The van der Waals surface area contributed by atoms with Gasteiger partial charge in [0.25, 0.3) is 5.91 Å². The third-order valence-corrected chi connectivity index (χ3v) is 6.02. The number of benzene rings is 1. The molecule has 128 valence electrons. The maximum Gasteiger partial charge on any atom is 0.251 e. The Balaban J connectivity index is 1.67. The van der Waals surface area contributed by atoms with Crippen molar-refractivity contribution in [2.24, 2.45) is 0 Å². The van der Waals surface area contributed by atoms with Gasteiger partial charge in [0.15, 0.2) is 0 Å². The molecule has 3 rings (SSSR count). The summed E-state index contributed by atoms with van der Waals surface area (Å²) in [5.41, 5.74) is 0.707. The Labute approximate surface area is 156 Å². The Morgan fingerprint density at radius 3 is 2.46 bits per heavy atom. The summed E-state index contributed by atoms with van der Waals surface area (Å²) in [6.45, 7) is 2.91. The molecule has 1 fully saturated rings. The molecule has 24 heavy (non-hydrogen) atoms. The topological polar surface area (TPSA) is 32.3 Å². The van der Waals surface area contributed by atoms with Gasteiger partial charge in [-0.1, -0.05) is 34.8 Å². The third-order valence-electron chi connectivity index (χ3n) is 4.52. The fraction of sp³-hybridized carbons (Fsp3) is 0.421. The SMILES string of the molecule is O=C(NC[C@@H](c1cccs1)N1CCCCCC1)c1ccc(Br)cc1. The van der Waals surface area contributed by atoms with Crippen molar-refractivity contribution < 1.29 is 4.79 Å². The predicted octanol–water partition coefficient (Wildman–Crippen LogP) is 4.86. The average molecular weight is 407 g/mol. The van der Waals surface area contributed by atoms with E-state index in [0.29, 0.717) is 12.1 Å². The molecule has 0 unspecified atom stereocenters. The zero-order valence-electron chi connectivity index (χ0n) is 13.7. The van der Waals surface area contributed by atoms with E-state index < -0.39 is 0 Å². The molecule has 0 spiro atoms. The van der Waals surface area contributed by atoms with E-state index in [1.54, 1.807) is 11.3 Å². The second-order valence-corrected chi connectivity index (χ2v) is 8.09. The lowest BCUT2D eigenvalue weighted by atomic mass is 10.1. The van der Waals surface area contributed by atoms with Crippen LogP contribution in [-0.4, -0.2) is 30.4 Å². The molecule has 1 amide bonds. The van der Waals surface area contributed by atoms with Gasteiger partial charge in [-0.2, -0.15) is 0 Å². The average Bonchev–Trinajstić information content (AvgIpc) is 2.98. The largest absolute Gasteiger partial charge is 0.350 e. The van der Waals surface area contributed by atoms with E-state index in [1.807, 2.05) is 24.3 Å². The minimum atomic E-state index is -0.00104. The van der Waals surface area contributed by atoms with Gasteiger partial charge in [-0.15, -0.1) is 11.3 Å². The first-order valence-electron chi connectivity index (χ1n) is 8.55. The molecule has 1 aromatic heterocycles. The van der Waals surface area contributed by atoms with E-state index in [1.165, 1.54) is 30.6 Å². The lowest BCUT2D eigenvalue weighted by Crippen LogP contribution is -2.38. The number of carbonyl (C=O) groups excluding carboxylic acids is 1. The standard InChI is InChI=1S/C19H23BrN2OS/c20-16-9-7-15(8-10-16)19(23)21-14-17(18-6-5-13-24-18)22-11-3-1-2-4-12-22/h5-10,13,17H,1-4,11-12,14H2,(H,21,23)/t17-/m0/s1. The summed E-state index contributed by atoms with van der Waals surface area (Å²) in [7, 11) is 0. The molecule has 1 saturated heterocycles. The lowest BCUT2D eigenvalue weighted by Gasteiger charge is -2.30. The summed E-state index contributed by atoms with van der Waals surface area (Å²) >= 11 is 5.19. The maximum atomic E-state index is 12.4. The minimum absolute atomic E-state index is 0.00104. The summed E-state index contributed by atoms with van der Waals surface area (Å²) in [5, 5.41) is 5.26. The van der Waals surface area contributed by atoms with Crippen molar-refractivity contribution in [2.75, 3.05) is 19.6 Å². The van der Waals surface area contributed by atoms with Crippen LogP contribution in [0.25, 0.3) is 0 Å². The van der Waals surface area contributed by atoms with Crippen LogP contribution in [0.4, 0.5) is 0 Å². The molecule has 0 saturated carbocycles. The van der Waals surface area contributed by atoms with Crippen molar-refractivity contribution in [3.8, 4) is 0 Å². The van der Waals surface area contributed by atoms with Crippen molar-refractivity contribution in [3.05, 3.63) is 56.7 Å². The van der Waals surface area contributed by atoms with E-state index in [0.717, 1.165) is 17.6 Å². The number of likely N-dealkylation sites (tertiary alicyclic amines) is 1. The summed E-state index contributed by atoms with van der Waals surface area (Å²) in [6, 6.07) is 12.1. The molecule has 0 aliphatic carbocycles. The van der Waals surface area contributed by atoms with Crippen LogP contribution >= 0.6 is 27.3 Å². The zero-order chi connectivity index (χ0) is 16.8. The van der Waals surface area contributed by atoms with Crippen LogP contribution in [0.1, 0.15) is 47.0 Å². The molecular formula is C19H23BrN2OS. The molecule has 3 nitrogen and oxygen atoms in total. The van der Waals surface area contributed by atoms with Crippen molar-refractivity contribution >= 4 is 33.2 Å². The van der Waals surface area contributed by atoms with Crippen molar-refractivity contribution in [3.63, 3.8) is 0 Å². The highest BCUT2D eigenvalue weighted by molar-refractivity contribution is 9.10. The van der Waals surface area contributed by atoms with E-state index in [2.05, 4.69) is 43.7 Å². The number of nitrogens with one attached hydrogen (secondary N) is 1. The van der Waals surface area contributed by atoms with Gasteiger partial charge in [0.05, 0.1) is 6.04 Å². The van der Waals surface area contributed by atoms with Crippen molar-refractivity contribution in [2.45, 2.75) is 31.7 Å². The van der Waals surface area contributed by atoms with E-state index in [9.17, 15) is 4.79 Å². The number of hydrogen-bond donors (Lipinski definition) is 1. The van der Waals surface area contributed by atoms with Crippen LogP contribution in [0.3, 0.4) is 0 Å². The fourth-order valence-corrected chi connectivity index (χ4v) is 4.32. The Hall–Kier alpha value is -1.17. The molecule has 5 heteroatoms. The number of nitrogens with zero attached hydrogens (tertiary/aromatic N) is 1. The summed E-state index contributed by atoms with van der Waals surface area (Å²) in [6.07, 6.45) is 5.14. The highest BCUT2D eigenvalue weighted by Crippen LogP contribution is 2.27. The second kappa shape index (κ2) is 8.79. The van der Waals surface area contributed by atoms with Crippen LogP contribution in [0.2, 0.25) is 0 Å². The Kier molecular flexibility index (Phi) is 6.46. The molecule has 1 aromatic carbocycles. The number of thiophene rings is 1. The van der Waals surface area contributed by atoms with Crippen LogP contribution in [-0.2, 0) is 0 Å². The summed E-state index contributed by atoms with van der Waals surface area (Å²) in [5.74, 6) is -0.00104. The Morgan fingerprint density at radius 1 is 1.12 bits per heavy atom. The molecule has 1 N–H and O–H groups in total. The second-order valence-electron chi connectivity index (χ2n) is 6.20. The normalized spacial score (nSPS) is 17.2. The van der Waals surface area contributed by atoms with Gasteiger partial charge in [0.1, 0.15) is 0 Å². The predicted molar refractivity (Wildman–Crippen MR) is 104 cm³/mol. The monoisotopic (exact) mass is 406 g/mol. The van der Waals surface area contributed by atoms with Gasteiger partial charge >= 0.3 is 0 Å². The lowest BCUT2D eigenvalue weighted by molar-refractivity contribution is 0.0934. The van der Waals surface area contributed by atoms with Crippen LogP contribution < -0.4 is 5.32 Å². The van der Waals surface area contributed by atoms with Crippen LogP contribution in [0.15, 0.2) is 46.3 Å². The highest BCUT2D eigenvalue weighted by Gasteiger charge is 2.23. The molecule has 1 atom stereocenters. The molecule has 0 bridgehead atoms. The number of amides is 1.